The molecule has 0 saturated heterocycles. The summed E-state index contributed by atoms with van der Waals surface area (Å²) in [6, 6.07) is 22.5. The van der Waals surface area contributed by atoms with Crippen molar-refractivity contribution in [3.05, 3.63) is 90.8 Å². The molecule has 2 aromatic carbocycles. The van der Waals surface area contributed by atoms with Gasteiger partial charge in [0.25, 0.3) is 0 Å². The van der Waals surface area contributed by atoms with E-state index in [9.17, 15) is 4.79 Å². The highest BCUT2D eigenvalue weighted by atomic mass is 16.5. The molecule has 0 bridgehead atoms. The molecular weight excluding hydrogens is 416 g/mol. The van der Waals surface area contributed by atoms with Crippen molar-refractivity contribution < 1.29 is 9.53 Å². The number of carbonyl (C=O) groups is 1. The Morgan fingerprint density at radius 1 is 0.909 bits per heavy atom. The van der Waals surface area contributed by atoms with Crippen molar-refractivity contribution in [2.75, 3.05) is 24.4 Å². The number of nitrogens with zero attached hydrogens (tertiary/aromatic N) is 5. The van der Waals surface area contributed by atoms with Gasteiger partial charge in [-0.3, -0.25) is 0 Å². The second-order valence-corrected chi connectivity index (χ2v) is 7.31. The maximum absolute atomic E-state index is 12.4. The molecule has 1 atom stereocenters. The molecule has 0 aliphatic carbocycles. The van der Waals surface area contributed by atoms with Gasteiger partial charge in [-0.2, -0.15) is 4.98 Å². The Bertz CT molecular complexity index is 1200. The van der Waals surface area contributed by atoms with E-state index in [2.05, 4.69) is 25.3 Å². The van der Waals surface area contributed by atoms with Gasteiger partial charge in [-0.1, -0.05) is 60.7 Å². The molecule has 8 nitrogen and oxygen atoms in total. The fraction of sp³-hybridized carbons (Fsp3) is 0.160. The lowest BCUT2D eigenvalue weighted by Gasteiger charge is -2.20. The zero-order valence-electron chi connectivity index (χ0n) is 18.4. The van der Waals surface area contributed by atoms with Crippen molar-refractivity contribution in [2.45, 2.75) is 12.5 Å². The molecule has 0 saturated carbocycles. The highest BCUT2D eigenvalue weighted by molar-refractivity contribution is 5.79. The molecule has 33 heavy (non-hydrogen) atoms. The van der Waals surface area contributed by atoms with Crippen LogP contribution in [0.3, 0.4) is 0 Å². The lowest BCUT2D eigenvalue weighted by Crippen LogP contribution is -2.33. The summed E-state index contributed by atoms with van der Waals surface area (Å²) in [7, 11) is 3.23. The fourth-order valence-corrected chi connectivity index (χ4v) is 3.33. The van der Waals surface area contributed by atoms with Gasteiger partial charge in [0, 0.05) is 31.4 Å². The number of methoxy groups -OCH3 is 1. The van der Waals surface area contributed by atoms with Crippen LogP contribution in [0.25, 0.3) is 11.4 Å². The number of anilines is 3. The van der Waals surface area contributed by atoms with Gasteiger partial charge in [0.15, 0.2) is 5.82 Å². The monoisotopic (exact) mass is 440 g/mol. The Hall–Kier alpha value is -4.33. The van der Waals surface area contributed by atoms with Crippen molar-refractivity contribution in [1.82, 2.24) is 19.9 Å². The number of nitrogens with one attached hydrogen (secondary N) is 1. The second kappa shape index (κ2) is 10.3. The summed E-state index contributed by atoms with van der Waals surface area (Å²) in [5.74, 6) is 1.87. The predicted octanol–water partition coefficient (Wildman–Crippen LogP) is 3.90. The molecule has 0 aliphatic heterocycles. The lowest BCUT2D eigenvalue weighted by atomic mass is 10.1. The van der Waals surface area contributed by atoms with Crippen LogP contribution in [0.1, 0.15) is 5.56 Å². The Morgan fingerprint density at radius 3 is 2.24 bits per heavy atom. The van der Waals surface area contributed by atoms with E-state index in [1.54, 1.807) is 18.5 Å². The predicted molar refractivity (Wildman–Crippen MR) is 127 cm³/mol. The van der Waals surface area contributed by atoms with E-state index in [-0.39, 0.29) is 5.97 Å². The summed E-state index contributed by atoms with van der Waals surface area (Å²) in [6.07, 6.45) is 3.80. The number of esters is 1. The SMILES string of the molecule is COC(=O)C(Cc1ccccc1)Nc1nccc(N(C)c2ccnc(-c3ccccc3)n2)n1. The van der Waals surface area contributed by atoms with E-state index in [4.69, 9.17) is 4.74 Å². The first kappa shape index (κ1) is 21.9. The first-order valence-electron chi connectivity index (χ1n) is 10.5. The summed E-state index contributed by atoms with van der Waals surface area (Å²) >= 11 is 0. The first-order chi connectivity index (χ1) is 16.1. The molecule has 166 valence electrons. The van der Waals surface area contributed by atoms with Crippen LogP contribution >= 0.6 is 0 Å². The average molecular weight is 441 g/mol. The van der Waals surface area contributed by atoms with E-state index in [0.29, 0.717) is 29.8 Å². The number of rotatable bonds is 8. The zero-order valence-corrected chi connectivity index (χ0v) is 18.4. The van der Waals surface area contributed by atoms with Crippen LogP contribution < -0.4 is 10.2 Å². The van der Waals surface area contributed by atoms with Crippen molar-refractivity contribution in [3.63, 3.8) is 0 Å². The quantitative estimate of drug-likeness (QED) is 0.413. The average Bonchev–Trinajstić information content (AvgIpc) is 2.89. The van der Waals surface area contributed by atoms with Crippen LogP contribution in [0.2, 0.25) is 0 Å². The molecule has 1 N–H and O–H groups in total. The van der Waals surface area contributed by atoms with Crippen LogP contribution in [0.15, 0.2) is 85.2 Å². The number of benzene rings is 2. The third-order valence-corrected chi connectivity index (χ3v) is 5.07. The van der Waals surface area contributed by atoms with E-state index >= 15 is 0 Å². The number of hydrogen-bond acceptors (Lipinski definition) is 8. The molecule has 0 radical (unpaired) electrons. The van der Waals surface area contributed by atoms with Gasteiger partial charge in [0.1, 0.15) is 17.7 Å². The smallest absolute Gasteiger partial charge is 0.328 e. The number of aromatic nitrogens is 4. The van der Waals surface area contributed by atoms with Gasteiger partial charge in [-0.05, 0) is 17.7 Å². The molecule has 0 spiro atoms. The van der Waals surface area contributed by atoms with Crippen molar-refractivity contribution >= 4 is 23.6 Å². The Morgan fingerprint density at radius 2 is 1.55 bits per heavy atom. The summed E-state index contributed by atoms with van der Waals surface area (Å²) in [4.78, 5) is 32.1. The van der Waals surface area contributed by atoms with E-state index in [1.165, 1.54) is 7.11 Å². The molecule has 0 aliphatic rings. The zero-order chi connectivity index (χ0) is 23.0. The van der Waals surface area contributed by atoms with E-state index < -0.39 is 6.04 Å². The van der Waals surface area contributed by atoms with E-state index in [0.717, 1.165) is 11.1 Å². The fourth-order valence-electron chi connectivity index (χ4n) is 3.33. The van der Waals surface area contributed by atoms with Crippen LogP contribution in [0, 0.1) is 0 Å². The third kappa shape index (κ3) is 5.48. The summed E-state index contributed by atoms with van der Waals surface area (Å²) in [5, 5.41) is 3.11. The molecule has 2 aromatic heterocycles. The summed E-state index contributed by atoms with van der Waals surface area (Å²) in [5.41, 5.74) is 1.93. The topological polar surface area (TPSA) is 93.1 Å². The molecule has 4 rings (SSSR count). The van der Waals surface area contributed by atoms with Gasteiger partial charge < -0.3 is 15.0 Å². The molecule has 8 heteroatoms. The van der Waals surface area contributed by atoms with Gasteiger partial charge in [-0.15, -0.1) is 0 Å². The van der Waals surface area contributed by atoms with E-state index in [1.807, 2.05) is 78.7 Å². The maximum Gasteiger partial charge on any atom is 0.328 e. The molecule has 0 amide bonds. The van der Waals surface area contributed by atoms with Crippen molar-refractivity contribution in [2.24, 2.45) is 0 Å². The largest absolute Gasteiger partial charge is 0.467 e. The molecule has 2 heterocycles. The minimum absolute atomic E-state index is 0.322. The molecule has 1 unspecified atom stereocenters. The van der Waals surface area contributed by atoms with Crippen LogP contribution in [-0.4, -0.2) is 46.1 Å². The normalized spacial score (nSPS) is 11.5. The summed E-state index contributed by atoms with van der Waals surface area (Å²) in [6.45, 7) is 0. The molecular formula is C25H24N6O2. The number of ether oxygens (including phenoxy) is 1. The minimum atomic E-state index is -0.623. The van der Waals surface area contributed by atoms with Crippen LogP contribution in [0.4, 0.5) is 17.6 Å². The second-order valence-electron chi connectivity index (χ2n) is 7.31. The van der Waals surface area contributed by atoms with Crippen molar-refractivity contribution in [1.29, 1.82) is 0 Å². The van der Waals surface area contributed by atoms with Gasteiger partial charge in [-0.25, -0.2) is 19.7 Å². The van der Waals surface area contributed by atoms with Crippen molar-refractivity contribution in [3.8, 4) is 11.4 Å². The Kier molecular flexibility index (Phi) is 6.84. The van der Waals surface area contributed by atoms with Gasteiger partial charge >= 0.3 is 5.97 Å². The maximum atomic E-state index is 12.4. The van der Waals surface area contributed by atoms with Crippen LogP contribution in [0.5, 0.6) is 0 Å². The number of hydrogen-bond donors (Lipinski definition) is 1. The number of carbonyl (C=O) groups excluding carboxylic acids is 1. The van der Waals surface area contributed by atoms with Gasteiger partial charge in [0.2, 0.25) is 5.95 Å². The first-order valence-corrected chi connectivity index (χ1v) is 10.5. The Labute approximate surface area is 192 Å². The lowest BCUT2D eigenvalue weighted by molar-refractivity contribution is -0.141. The molecule has 4 aromatic rings. The van der Waals surface area contributed by atoms with Crippen LogP contribution in [-0.2, 0) is 16.0 Å². The highest BCUT2D eigenvalue weighted by Gasteiger charge is 2.21. The summed E-state index contributed by atoms with van der Waals surface area (Å²) < 4.78 is 4.97. The van der Waals surface area contributed by atoms with Gasteiger partial charge in [0.05, 0.1) is 7.11 Å². The Balaban J connectivity index is 1.55. The highest BCUT2D eigenvalue weighted by Crippen LogP contribution is 2.23. The standard InChI is InChI=1S/C25H24N6O2/c1-31(21-13-15-26-23(29-21)19-11-7-4-8-12-19)22-14-16-27-25(30-22)28-20(24(32)33-2)17-18-9-5-3-6-10-18/h3-16,20H,17H2,1-2H3,(H,27,28,30). The minimum Gasteiger partial charge on any atom is -0.467 e. The molecule has 0 fully saturated rings. The third-order valence-electron chi connectivity index (χ3n) is 5.07.